The molecule has 0 aliphatic carbocycles. The van der Waals surface area contributed by atoms with Gasteiger partial charge in [-0.05, 0) is 38.1 Å². The van der Waals surface area contributed by atoms with Gasteiger partial charge in [0.1, 0.15) is 0 Å². The molecule has 0 amide bonds. The molecule has 0 atom stereocenters. The third kappa shape index (κ3) is 4.97. The quantitative estimate of drug-likeness (QED) is 0.456. The van der Waals surface area contributed by atoms with Crippen LogP contribution in [0, 0.1) is 0 Å². The Hall–Kier alpha value is -0.0831. The Morgan fingerprint density at radius 3 is 2.12 bits per heavy atom. The summed E-state index contributed by atoms with van der Waals surface area (Å²) in [5, 5.41) is 0. The minimum absolute atomic E-state index is 1.08. The van der Waals surface area contributed by atoms with E-state index in [9.17, 15) is 0 Å². The van der Waals surface area contributed by atoms with Crippen molar-refractivity contribution in [2.75, 3.05) is 19.3 Å². The molecule has 1 fully saturated rings. The topological polar surface area (TPSA) is 3.24 Å². The fraction of sp³-hybridized carbons (Fsp3) is 0.867. The second kappa shape index (κ2) is 8.10. The molecule has 1 rings (SSSR count). The van der Waals surface area contributed by atoms with Crippen LogP contribution in [0.15, 0.2) is 12.7 Å². The van der Waals surface area contributed by atoms with E-state index in [1.165, 1.54) is 69.5 Å². The summed E-state index contributed by atoms with van der Waals surface area (Å²) in [6.45, 7) is 11.5. The lowest BCUT2D eigenvalue weighted by atomic mass is 10.1. The van der Waals surface area contributed by atoms with E-state index in [0.29, 0.717) is 0 Å². The lowest BCUT2D eigenvalue weighted by molar-refractivity contribution is 0.258. The number of hydrogen-bond acceptors (Lipinski definition) is 1. The second-order valence-electron chi connectivity index (χ2n) is 5.83. The molecule has 0 N–H and O–H groups in total. The molecular weight excluding hydrogens is 222 g/mol. The van der Waals surface area contributed by atoms with E-state index < -0.39 is 8.07 Å². The molecule has 1 aliphatic heterocycles. The first-order valence-electron chi connectivity index (χ1n) is 7.59. The number of nitrogens with zero attached hydrogens (tertiary/aromatic N) is 1. The third-order valence-corrected chi connectivity index (χ3v) is 9.54. The second-order valence-corrected chi connectivity index (χ2v) is 10.6. The van der Waals surface area contributed by atoms with E-state index >= 15 is 0 Å². The number of likely N-dealkylation sites (tertiary alicyclic amines) is 1. The molecule has 0 unspecified atom stereocenters. The van der Waals surface area contributed by atoms with E-state index in [2.05, 4.69) is 31.4 Å². The van der Waals surface area contributed by atoms with E-state index in [1.54, 1.807) is 0 Å². The number of hydrogen-bond donors (Lipinski definition) is 0. The van der Waals surface area contributed by atoms with Gasteiger partial charge in [-0.1, -0.05) is 51.3 Å². The van der Waals surface area contributed by atoms with Crippen molar-refractivity contribution in [2.24, 2.45) is 0 Å². The monoisotopic (exact) mass is 253 g/mol. The normalized spacial score (nSPS) is 18.2. The Morgan fingerprint density at radius 1 is 1.06 bits per heavy atom. The predicted molar refractivity (Wildman–Crippen MR) is 81.2 cm³/mol. The van der Waals surface area contributed by atoms with Crippen molar-refractivity contribution in [1.29, 1.82) is 0 Å². The van der Waals surface area contributed by atoms with Crippen LogP contribution in [0.1, 0.15) is 46.0 Å². The summed E-state index contributed by atoms with van der Waals surface area (Å²) >= 11 is 0. The number of rotatable bonds is 8. The van der Waals surface area contributed by atoms with Crippen LogP contribution in [0.5, 0.6) is 0 Å². The van der Waals surface area contributed by atoms with Gasteiger partial charge >= 0.3 is 0 Å². The maximum atomic E-state index is 4.02. The van der Waals surface area contributed by atoms with Crippen molar-refractivity contribution in [2.45, 2.75) is 64.1 Å². The van der Waals surface area contributed by atoms with E-state index in [1.807, 2.05) is 0 Å². The molecule has 100 valence electrons. The van der Waals surface area contributed by atoms with E-state index in [0.717, 1.165) is 0 Å². The van der Waals surface area contributed by atoms with Crippen LogP contribution in [0.2, 0.25) is 18.1 Å². The smallest absolute Gasteiger partial charge is 0.0727 e. The molecule has 0 radical (unpaired) electrons. The van der Waals surface area contributed by atoms with Gasteiger partial charge in [-0.3, -0.25) is 0 Å². The average molecular weight is 254 g/mol. The van der Waals surface area contributed by atoms with Gasteiger partial charge in [0.05, 0.1) is 8.07 Å². The molecule has 0 spiro atoms. The third-order valence-electron chi connectivity index (χ3n) is 4.15. The summed E-state index contributed by atoms with van der Waals surface area (Å²) in [5.74, 6) is 0. The zero-order valence-electron chi connectivity index (χ0n) is 12.0. The van der Waals surface area contributed by atoms with Crippen molar-refractivity contribution in [1.82, 2.24) is 4.90 Å². The van der Waals surface area contributed by atoms with Gasteiger partial charge in [-0.2, -0.15) is 0 Å². The maximum absolute atomic E-state index is 4.02. The minimum atomic E-state index is -1.08. The van der Waals surface area contributed by atoms with Crippen LogP contribution in [-0.4, -0.2) is 32.2 Å². The van der Waals surface area contributed by atoms with Crippen LogP contribution in [0.4, 0.5) is 0 Å². The van der Waals surface area contributed by atoms with Crippen molar-refractivity contribution in [3.63, 3.8) is 0 Å². The average Bonchev–Trinajstić information content (AvgIpc) is 2.31. The highest BCUT2D eigenvalue weighted by Gasteiger charge is 2.32. The summed E-state index contributed by atoms with van der Waals surface area (Å²) in [6.07, 6.45) is 10.7. The van der Waals surface area contributed by atoms with Gasteiger partial charge < -0.3 is 4.90 Å². The first-order valence-corrected chi connectivity index (χ1v) is 10.4. The molecule has 2 heteroatoms. The Bertz CT molecular complexity index is 203. The molecule has 1 aliphatic rings. The predicted octanol–water partition coefficient (Wildman–Crippen LogP) is 4.47. The van der Waals surface area contributed by atoms with Gasteiger partial charge in [-0.25, -0.2) is 0 Å². The fourth-order valence-electron chi connectivity index (χ4n) is 3.51. The van der Waals surface area contributed by atoms with Crippen molar-refractivity contribution < 1.29 is 0 Å². The zero-order chi connectivity index (χ0) is 12.6. The molecule has 0 aromatic heterocycles. The lowest BCUT2D eigenvalue weighted by Gasteiger charge is -2.38. The van der Waals surface area contributed by atoms with Gasteiger partial charge in [-0.15, -0.1) is 6.58 Å². The number of allylic oxidation sites excluding steroid dienone is 1. The Morgan fingerprint density at radius 2 is 1.65 bits per heavy atom. The highest BCUT2D eigenvalue weighted by molar-refractivity contribution is 6.80. The van der Waals surface area contributed by atoms with Crippen LogP contribution in [0.3, 0.4) is 0 Å². The highest BCUT2D eigenvalue weighted by atomic mass is 28.3. The van der Waals surface area contributed by atoms with Gasteiger partial charge in [0.15, 0.2) is 0 Å². The van der Waals surface area contributed by atoms with Crippen molar-refractivity contribution >= 4 is 8.07 Å². The Kier molecular flexibility index (Phi) is 7.13. The fourth-order valence-corrected chi connectivity index (χ4v) is 8.61. The molecule has 1 nitrogen and oxygen atoms in total. The molecule has 0 bridgehead atoms. The molecule has 0 saturated carbocycles. The van der Waals surface area contributed by atoms with Crippen LogP contribution in [-0.2, 0) is 0 Å². The van der Waals surface area contributed by atoms with Crippen LogP contribution >= 0.6 is 0 Å². The molecule has 1 heterocycles. The summed E-state index contributed by atoms with van der Waals surface area (Å²) in [4.78, 5) is 2.77. The number of piperidine rings is 1. The minimum Gasteiger partial charge on any atom is -0.306 e. The molecule has 0 aromatic rings. The Labute approximate surface area is 109 Å². The van der Waals surface area contributed by atoms with Crippen molar-refractivity contribution in [3.8, 4) is 0 Å². The molecule has 0 aromatic carbocycles. The summed E-state index contributed by atoms with van der Waals surface area (Å²) in [5.41, 5.74) is 0. The van der Waals surface area contributed by atoms with Crippen LogP contribution < -0.4 is 0 Å². The summed E-state index contributed by atoms with van der Waals surface area (Å²) in [6, 6.07) is 4.35. The summed E-state index contributed by atoms with van der Waals surface area (Å²) < 4.78 is 0. The first-order chi connectivity index (χ1) is 8.26. The first kappa shape index (κ1) is 15.0. The molecule has 1 saturated heterocycles. The lowest BCUT2D eigenvalue weighted by Crippen LogP contribution is -2.48. The van der Waals surface area contributed by atoms with Gasteiger partial charge in [0.2, 0.25) is 0 Å². The van der Waals surface area contributed by atoms with E-state index in [4.69, 9.17) is 0 Å². The van der Waals surface area contributed by atoms with E-state index in [-0.39, 0.29) is 0 Å². The molecular formula is C15H31NSi. The van der Waals surface area contributed by atoms with Crippen molar-refractivity contribution in [3.05, 3.63) is 12.7 Å². The Balaban J connectivity index is 2.60. The van der Waals surface area contributed by atoms with Gasteiger partial charge in [0, 0.05) is 0 Å². The zero-order valence-corrected chi connectivity index (χ0v) is 13.0. The largest absolute Gasteiger partial charge is 0.306 e. The molecule has 17 heavy (non-hydrogen) atoms. The maximum Gasteiger partial charge on any atom is 0.0727 e. The van der Waals surface area contributed by atoms with Crippen LogP contribution in [0.25, 0.3) is 0 Å². The summed E-state index contributed by atoms with van der Waals surface area (Å²) in [7, 11) is -1.08. The van der Waals surface area contributed by atoms with Gasteiger partial charge in [0.25, 0.3) is 0 Å². The standard InChI is InChI=1S/C15H31NSi/c1-4-12-17(13-5-2,14-6-3)15-16-10-8-7-9-11-16/h4H,1,5-15H2,2-3H3. The SMILES string of the molecule is C=CC[Si](CCC)(CCC)CN1CCCCC1. The highest BCUT2D eigenvalue weighted by Crippen LogP contribution is 2.27.